The van der Waals surface area contributed by atoms with Crippen LogP contribution in [0.3, 0.4) is 0 Å². The number of nitrogens with zero attached hydrogens (tertiary/aromatic N) is 1. The Kier molecular flexibility index (Phi) is 5.69. The van der Waals surface area contributed by atoms with Crippen molar-refractivity contribution in [3.63, 3.8) is 0 Å². The first-order valence-electron chi connectivity index (χ1n) is 6.02. The zero-order valence-corrected chi connectivity index (χ0v) is 10.4. The van der Waals surface area contributed by atoms with Gasteiger partial charge in [-0.3, -0.25) is 15.0 Å². The summed E-state index contributed by atoms with van der Waals surface area (Å²) in [5, 5.41) is 4.79. The maximum Gasteiger partial charge on any atom is 0.321 e. The molecule has 0 saturated heterocycles. The molecule has 1 rings (SSSR count). The van der Waals surface area contributed by atoms with Crippen molar-refractivity contribution in [2.45, 2.75) is 31.7 Å². The van der Waals surface area contributed by atoms with E-state index in [0.29, 0.717) is 12.6 Å². The third-order valence-electron chi connectivity index (χ3n) is 3.00. The second-order valence-corrected chi connectivity index (χ2v) is 4.40. The molecule has 0 heterocycles. The van der Waals surface area contributed by atoms with E-state index >= 15 is 0 Å². The van der Waals surface area contributed by atoms with E-state index < -0.39 is 6.03 Å². The fourth-order valence-electron chi connectivity index (χ4n) is 2.08. The van der Waals surface area contributed by atoms with Gasteiger partial charge in [-0.25, -0.2) is 4.79 Å². The highest BCUT2D eigenvalue weighted by molar-refractivity contribution is 5.95. The van der Waals surface area contributed by atoms with Gasteiger partial charge in [0, 0.05) is 12.6 Å². The van der Waals surface area contributed by atoms with Gasteiger partial charge < -0.3 is 5.32 Å². The molecule has 96 valence electrons. The molecule has 1 fully saturated rings. The molecule has 17 heavy (non-hydrogen) atoms. The molecule has 0 aromatic rings. The SMILES string of the molecule is C=CCNC(=O)NC(=O)CN(C)C1CCCC1. The average molecular weight is 239 g/mol. The highest BCUT2D eigenvalue weighted by Gasteiger charge is 2.21. The second-order valence-electron chi connectivity index (χ2n) is 4.40. The molecule has 2 N–H and O–H groups in total. The molecule has 1 aliphatic rings. The molecule has 0 aromatic carbocycles. The molecule has 1 saturated carbocycles. The van der Waals surface area contributed by atoms with E-state index in [0.717, 1.165) is 12.8 Å². The highest BCUT2D eigenvalue weighted by atomic mass is 16.2. The zero-order chi connectivity index (χ0) is 12.7. The van der Waals surface area contributed by atoms with Gasteiger partial charge in [0.1, 0.15) is 0 Å². The van der Waals surface area contributed by atoms with Crippen LogP contribution in [0.1, 0.15) is 25.7 Å². The smallest absolute Gasteiger partial charge is 0.321 e. The third-order valence-corrected chi connectivity index (χ3v) is 3.00. The van der Waals surface area contributed by atoms with E-state index in [9.17, 15) is 9.59 Å². The van der Waals surface area contributed by atoms with Crippen LogP contribution in [-0.4, -0.2) is 43.0 Å². The summed E-state index contributed by atoms with van der Waals surface area (Å²) in [5.41, 5.74) is 0. The fourth-order valence-corrected chi connectivity index (χ4v) is 2.08. The van der Waals surface area contributed by atoms with Crippen molar-refractivity contribution in [3.8, 4) is 0 Å². The molecule has 3 amide bonds. The molecular formula is C12H21N3O2. The Bertz CT molecular complexity index is 285. The van der Waals surface area contributed by atoms with Gasteiger partial charge in [-0.15, -0.1) is 6.58 Å². The minimum atomic E-state index is -0.463. The number of nitrogens with one attached hydrogen (secondary N) is 2. The first-order chi connectivity index (χ1) is 8.13. The summed E-state index contributed by atoms with van der Waals surface area (Å²) in [6.07, 6.45) is 6.32. The van der Waals surface area contributed by atoms with Crippen LogP contribution in [0, 0.1) is 0 Å². The van der Waals surface area contributed by atoms with E-state index in [1.807, 2.05) is 11.9 Å². The number of rotatable bonds is 5. The quantitative estimate of drug-likeness (QED) is 0.700. The molecule has 0 spiro atoms. The normalized spacial score (nSPS) is 15.9. The number of hydrogen-bond acceptors (Lipinski definition) is 3. The Hall–Kier alpha value is -1.36. The van der Waals surface area contributed by atoms with Gasteiger partial charge in [-0.1, -0.05) is 18.9 Å². The molecule has 5 nitrogen and oxygen atoms in total. The lowest BCUT2D eigenvalue weighted by molar-refractivity contribution is -0.121. The maximum absolute atomic E-state index is 11.5. The number of amides is 3. The van der Waals surface area contributed by atoms with E-state index in [2.05, 4.69) is 17.2 Å². The first kappa shape index (κ1) is 13.7. The summed E-state index contributed by atoms with van der Waals surface area (Å²) in [5.74, 6) is -0.263. The molecule has 0 atom stereocenters. The van der Waals surface area contributed by atoms with Gasteiger partial charge >= 0.3 is 6.03 Å². The van der Waals surface area contributed by atoms with E-state index in [4.69, 9.17) is 0 Å². The number of imide groups is 1. The summed E-state index contributed by atoms with van der Waals surface area (Å²) >= 11 is 0. The number of likely N-dealkylation sites (N-methyl/N-ethyl adjacent to an activating group) is 1. The molecule has 1 aliphatic carbocycles. The molecule has 0 unspecified atom stereocenters. The van der Waals surface area contributed by atoms with Crippen molar-refractivity contribution in [2.24, 2.45) is 0 Å². The van der Waals surface area contributed by atoms with Crippen LogP contribution < -0.4 is 10.6 Å². The van der Waals surface area contributed by atoms with E-state index in [1.165, 1.54) is 12.8 Å². The van der Waals surface area contributed by atoms with Crippen molar-refractivity contribution in [1.29, 1.82) is 0 Å². The minimum Gasteiger partial charge on any atom is -0.334 e. The summed E-state index contributed by atoms with van der Waals surface area (Å²) in [4.78, 5) is 24.8. The Labute approximate surface area is 102 Å². The Morgan fingerprint density at radius 1 is 1.41 bits per heavy atom. The summed E-state index contributed by atoms with van der Waals surface area (Å²) in [6.45, 7) is 4.11. The fraction of sp³-hybridized carbons (Fsp3) is 0.667. The van der Waals surface area contributed by atoms with Crippen LogP contribution >= 0.6 is 0 Å². The molecule has 5 heteroatoms. The predicted molar refractivity (Wildman–Crippen MR) is 66.6 cm³/mol. The summed E-state index contributed by atoms with van der Waals surface area (Å²) in [7, 11) is 1.93. The molecule has 0 aromatic heterocycles. The van der Waals surface area contributed by atoms with Crippen molar-refractivity contribution in [1.82, 2.24) is 15.5 Å². The van der Waals surface area contributed by atoms with Crippen LogP contribution in [0.15, 0.2) is 12.7 Å². The first-order valence-corrected chi connectivity index (χ1v) is 6.02. The Morgan fingerprint density at radius 2 is 2.06 bits per heavy atom. The Balaban J connectivity index is 2.23. The van der Waals surface area contributed by atoms with Gasteiger partial charge in [0.25, 0.3) is 0 Å². The maximum atomic E-state index is 11.5. The van der Waals surface area contributed by atoms with Crippen molar-refractivity contribution in [3.05, 3.63) is 12.7 Å². The van der Waals surface area contributed by atoms with Gasteiger partial charge in [0.15, 0.2) is 0 Å². The van der Waals surface area contributed by atoms with Gasteiger partial charge in [0.2, 0.25) is 5.91 Å². The van der Waals surface area contributed by atoms with Crippen LogP contribution in [0.2, 0.25) is 0 Å². The number of urea groups is 1. The van der Waals surface area contributed by atoms with Gasteiger partial charge in [-0.05, 0) is 19.9 Å². The van der Waals surface area contributed by atoms with E-state index in [-0.39, 0.29) is 12.5 Å². The molecular weight excluding hydrogens is 218 g/mol. The average Bonchev–Trinajstić information content (AvgIpc) is 2.79. The van der Waals surface area contributed by atoms with Gasteiger partial charge in [0.05, 0.1) is 6.54 Å². The molecule has 0 bridgehead atoms. The zero-order valence-electron chi connectivity index (χ0n) is 10.4. The summed E-state index contributed by atoms with van der Waals surface area (Å²) < 4.78 is 0. The predicted octanol–water partition coefficient (Wildman–Crippen LogP) is 0.873. The molecule has 0 aliphatic heterocycles. The Morgan fingerprint density at radius 3 is 2.65 bits per heavy atom. The second kappa shape index (κ2) is 7.06. The largest absolute Gasteiger partial charge is 0.334 e. The van der Waals surface area contributed by atoms with Gasteiger partial charge in [-0.2, -0.15) is 0 Å². The summed E-state index contributed by atoms with van der Waals surface area (Å²) in [6, 6.07) is 0.0201. The van der Waals surface area contributed by atoms with E-state index in [1.54, 1.807) is 6.08 Å². The number of carbonyl (C=O) groups is 2. The van der Waals surface area contributed by atoms with Crippen LogP contribution in [-0.2, 0) is 4.79 Å². The topological polar surface area (TPSA) is 61.4 Å². The highest BCUT2D eigenvalue weighted by Crippen LogP contribution is 2.21. The lowest BCUT2D eigenvalue weighted by Gasteiger charge is -2.22. The minimum absolute atomic E-state index is 0.263. The molecule has 0 radical (unpaired) electrons. The monoisotopic (exact) mass is 239 g/mol. The standard InChI is InChI=1S/C12H21N3O2/c1-3-8-13-12(17)14-11(16)9-15(2)10-6-4-5-7-10/h3,10H,1,4-9H2,2H3,(H2,13,14,16,17). The van der Waals surface area contributed by atoms with Crippen molar-refractivity contribution >= 4 is 11.9 Å². The third kappa shape index (κ3) is 4.99. The number of hydrogen-bond donors (Lipinski definition) is 2. The lowest BCUT2D eigenvalue weighted by Crippen LogP contribution is -2.45. The lowest BCUT2D eigenvalue weighted by atomic mass is 10.2. The van der Waals surface area contributed by atoms with Crippen molar-refractivity contribution < 1.29 is 9.59 Å². The van der Waals surface area contributed by atoms with Crippen LogP contribution in [0.4, 0.5) is 4.79 Å². The van der Waals surface area contributed by atoms with Crippen LogP contribution in [0.5, 0.6) is 0 Å². The van der Waals surface area contributed by atoms with Crippen molar-refractivity contribution in [2.75, 3.05) is 20.1 Å². The van der Waals surface area contributed by atoms with Crippen LogP contribution in [0.25, 0.3) is 0 Å². The number of carbonyl (C=O) groups excluding carboxylic acids is 2.